The maximum Gasteiger partial charge on any atom is 0.251 e. The van der Waals surface area contributed by atoms with Gasteiger partial charge in [0.05, 0.1) is 6.04 Å². The van der Waals surface area contributed by atoms with Gasteiger partial charge in [-0.1, -0.05) is 43.7 Å². The molecule has 2 nitrogen and oxygen atoms in total. The van der Waals surface area contributed by atoms with E-state index in [1.807, 2.05) is 45.0 Å². The van der Waals surface area contributed by atoms with Crippen LogP contribution < -0.4 is 5.32 Å². The summed E-state index contributed by atoms with van der Waals surface area (Å²) in [7, 11) is 0. The van der Waals surface area contributed by atoms with Crippen molar-refractivity contribution in [3.8, 4) is 0 Å². The van der Waals surface area contributed by atoms with Crippen LogP contribution in [0, 0.1) is 18.7 Å². The summed E-state index contributed by atoms with van der Waals surface area (Å²) in [6.07, 6.45) is 0. The summed E-state index contributed by atoms with van der Waals surface area (Å²) < 4.78 is 13.0. The molecule has 1 amide bonds. The molecule has 2 rings (SSSR count). The quantitative estimate of drug-likeness (QED) is 0.893. The van der Waals surface area contributed by atoms with Gasteiger partial charge in [-0.25, -0.2) is 4.39 Å². The van der Waals surface area contributed by atoms with E-state index in [0.717, 1.165) is 11.1 Å². The number of benzene rings is 2. The van der Waals surface area contributed by atoms with Gasteiger partial charge in [0.2, 0.25) is 0 Å². The lowest BCUT2D eigenvalue weighted by atomic mass is 9.95. The lowest BCUT2D eigenvalue weighted by molar-refractivity contribution is 0.0925. The molecule has 0 aliphatic carbocycles. The summed E-state index contributed by atoms with van der Waals surface area (Å²) in [6.45, 7) is 6.05. The van der Waals surface area contributed by atoms with E-state index in [1.54, 1.807) is 12.1 Å². The number of nitrogens with one attached hydrogen (secondary N) is 1. The van der Waals surface area contributed by atoms with Gasteiger partial charge in [-0.3, -0.25) is 4.79 Å². The second kappa shape index (κ2) is 6.53. The minimum absolute atomic E-state index is 0.113. The Balaban J connectivity index is 2.18. The minimum Gasteiger partial charge on any atom is -0.345 e. The fourth-order valence-electron chi connectivity index (χ4n) is 2.23. The lowest BCUT2D eigenvalue weighted by Crippen LogP contribution is -2.31. The fraction of sp³-hybridized carbons (Fsp3) is 0.278. The second-order valence-electron chi connectivity index (χ2n) is 5.61. The number of aryl methyl sites for hydroxylation is 1. The predicted molar refractivity (Wildman–Crippen MR) is 82.6 cm³/mol. The zero-order chi connectivity index (χ0) is 15.4. The van der Waals surface area contributed by atoms with Crippen LogP contribution in [0.4, 0.5) is 4.39 Å². The highest BCUT2D eigenvalue weighted by Crippen LogP contribution is 2.22. The molecule has 0 saturated heterocycles. The monoisotopic (exact) mass is 285 g/mol. The normalized spacial score (nSPS) is 12.2. The first-order valence-electron chi connectivity index (χ1n) is 7.10. The molecule has 2 aromatic rings. The predicted octanol–water partition coefficient (Wildman–Crippen LogP) is 4.26. The van der Waals surface area contributed by atoms with Crippen molar-refractivity contribution < 1.29 is 9.18 Å². The molecule has 0 aliphatic rings. The van der Waals surface area contributed by atoms with Crippen LogP contribution in [0.15, 0.2) is 48.5 Å². The molecule has 0 aliphatic heterocycles. The average molecular weight is 285 g/mol. The Morgan fingerprint density at radius 2 is 1.57 bits per heavy atom. The summed E-state index contributed by atoms with van der Waals surface area (Å²) in [5.74, 6) is -0.172. The molecule has 1 atom stereocenters. The second-order valence-corrected chi connectivity index (χ2v) is 5.61. The maximum absolute atomic E-state index is 13.0. The Morgan fingerprint density at radius 1 is 1.00 bits per heavy atom. The van der Waals surface area contributed by atoms with Crippen LogP contribution in [0.25, 0.3) is 0 Å². The Bertz CT molecular complexity index is 602. The molecule has 0 aromatic heterocycles. The van der Waals surface area contributed by atoms with E-state index in [1.165, 1.54) is 12.1 Å². The number of hydrogen-bond acceptors (Lipinski definition) is 1. The fourth-order valence-corrected chi connectivity index (χ4v) is 2.23. The molecule has 0 spiro atoms. The molecule has 0 saturated carbocycles. The number of carbonyl (C=O) groups excluding carboxylic acids is 1. The number of rotatable bonds is 4. The van der Waals surface area contributed by atoms with Gasteiger partial charge in [-0.15, -0.1) is 0 Å². The van der Waals surface area contributed by atoms with E-state index in [9.17, 15) is 9.18 Å². The van der Waals surface area contributed by atoms with E-state index in [-0.39, 0.29) is 23.7 Å². The van der Waals surface area contributed by atoms with Crippen molar-refractivity contribution in [2.45, 2.75) is 26.8 Å². The van der Waals surface area contributed by atoms with E-state index in [2.05, 4.69) is 5.32 Å². The van der Waals surface area contributed by atoms with Crippen LogP contribution in [-0.2, 0) is 0 Å². The van der Waals surface area contributed by atoms with Gasteiger partial charge in [0.25, 0.3) is 5.91 Å². The summed E-state index contributed by atoms with van der Waals surface area (Å²) >= 11 is 0. The third-order valence-electron chi connectivity index (χ3n) is 3.50. The first-order valence-corrected chi connectivity index (χ1v) is 7.10. The van der Waals surface area contributed by atoms with Crippen molar-refractivity contribution in [3.05, 3.63) is 71.0 Å². The lowest BCUT2D eigenvalue weighted by Gasteiger charge is -2.23. The maximum atomic E-state index is 13.0. The van der Waals surface area contributed by atoms with Crippen LogP contribution in [-0.4, -0.2) is 5.91 Å². The molecule has 0 radical (unpaired) electrons. The van der Waals surface area contributed by atoms with Crippen LogP contribution in [0.1, 0.15) is 41.4 Å². The smallest absolute Gasteiger partial charge is 0.251 e. The molecule has 1 N–H and O–H groups in total. The molecule has 0 unspecified atom stereocenters. The Hall–Kier alpha value is -2.16. The molecule has 110 valence electrons. The van der Waals surface area contributed by atoms with Crippen molar-refractivity contribution in [1.82, 2.24) is 5.32 Å². The van der Waals surface area contributed by atoms with Crippen molar-refractivity contribution >= 4 is 5.91 Å². The first kappa shape index (κ1) is 15.2. The largest absolute Gasteiger partial charge is 0.345 e. The standard InChI is InChI=1S/C18H20FNO/c1-12(2)17(14-8-10-16(19)11-9-14)20-18(21)15-6-4-13(3)5-7-15/h4-12,17H,1-3H3,(H,20,21)/t17-/m0/s1. The minimum atomic E-state index is -0.272. The van der Waals surface area contributed by atoms with Crippen molar-refractivity contribution in [2.75, 3.05) is 0 Å². The number of amides is 1. The molecule has 3 heteroatoms. The average Bonchev–Trinajstić information content (AvgIpc) is 2.46. The van der Waals surface area contributed by atoms with Gasteiger partial charge in [-0.05, 0) is 42.7 Å². The molecule has 2 aromatic carbocycles. The molecule has 0 bridgehead atoms. The number of carbonyl (C=O) groups is 1. The van der Waals surface area contributed by atoms with E-state index in [4.69, 9.17) is 0 Å². The number of halogens is 1. The Morgan fingerprint density at radius 3 is 2.10 bits per heavy atom. The van der Waals surface area contributed by atoms with Gasteiger partial charge in [0.1, 0.15) is 5.82 Å². The highest BCUT2D eigenvalue weighted by Gasteiger charge is 2.19. The van der Waals surface area contributed by atoms with Crippen LogP contribution in [0.3, 0.4) is 0 Å². The summed E-state index contributed by atoms with van der Waals surface area (Å²) in [5.41, 5.74) is 2.66. The van der Waals surface area contributed by atoms with E-state index >= 15 is 0 Å². The highest BCUT2D eigenvalue weighted by molar-refractivity contribution is 5.94. The zero-order valence-corrected chi connectivity index (χ0v) is 12.6. The molecule has 0 heterocycles. The summed E-state index contributed by atoms with van der Waals surface area (Å²) in [4.78, 5) is 12.3. The molecular weight excluding hydrogens is 265 g/mol. The number of hydrogen-bond donors (Lipinski definition) is 1. The van der Waals surface area contributed by atoms with Crippen molar-refractivity contribution in [1.29, 1.82) is 0 Å². The summed E-state index contributed by atoms with van der Waals surface area (Å²) in [5, 5.41) is 3.03. The summed E-state index contributed by atoms with van der Waals surface area (Å²) in [6, 6.07) is 13.6. The van der Waals surface area contributed by atoms with Gasteiger partial charge in [0, 0.05) is 5.56 Å². The first-order chi connectivity index (χ1) is 9.97. The van der Waals surface area contributed by atoms with Gasteiger partial charge in [-0.2, -0.15) is 0 Å². The zero-order valence-electron chi connectivity index (χ0n) is 12.6. The van der Waals surface area contributed by atoms with E-state index in [0.29, 0.717) is 5.56 Å². The molecule has 21 heavy (non-hydrogen) atoms. The Kier molecular flexibility index (Phi) is 4.73. The third-order valence-corrected chi connectivity index (χ3v) is 3.50. The third kappa shape index (κ3) is 3.91. The van der Waals surface area contributed by atoms with E-state index < -0.39 is 0 Å². The van der Waals surface area contributed by atoms with Gasteiger partial charge in [0.15, 0.2) is 0 Å². The molecular formula is C18H20FNO. The Labute approximate surface area is 125 Å². The van der Waals surface area contributed by atoms with Crippen LogP contribution in [0.2, 0.25) is 0 Å². The van der Waals surface area contributed by atoms with Crippen LogP contribution in [0.5, 0.6) is 0 Å². The van der Waals surface area contributed by atoms with Gasteiger partial charge >= 0.3 is 0 Å². The van der Waals surface area contributed by atoms with Gasteiger partial charge < -0.3 is 5.32 Å². The van der Waals surface area contributed by atoms with Crippen LogP contribution >= 0.6 is 0 Å². The highest BCUT2D eigenvalue weighted by atomic mass is 19.1. The van der Waals surface area contributed by atoms with Crippen molar-refractivity contribution in [3.63, 3.8) is 0 Å². The molecule has 0 fully saturated rings. The SMILES string of the molecule is Cc1ccc(C(=O)N[C@H](c2ccc(F)cc2)C(C)C)cc1. The van der Waals surface area contributed by atoms with Crippen molar-refractivity contribution in [2.24, 2.45) is 5.92 Å². The topological polar surface area (TPSA) is 29.1 Å².